The summed E-state index contributed by atoms with van der Waals surface area (Å²) in [5.74, 6) is 0. The van der Waals surface area contributed by atoms with Gasteiger partial charge in [-0.3, -0.25) is 0 Å². The zero-order valence-electron chi connectivity index (χ0n) is 7.61. The molecular weight excluding hydrogens is 274 g/mol. The maximum absolute atomic E-state index is 5.26. The van der Waals surface area contributed by atoms with Gasteiger partial charge >= 0.3 is 0 Å². The van der Waals surface area contributed by atoms with Gasteiger partial charge in [0.2, 0.25) is 0 Å². The van der Waals surface area contributed by atoms with Crippen molar-refractivity contribution in [3.63, 3.8) is 0 Å². The Morgan fingerprint density at radius 3 is 3.00 bits per heavy atom. The molecule has 2 nitrogen and oxygen atoms in total. The minimum atomic E-state index is 0.821. The van der Waals surface area contributed by atoms with Crippen LogP contribution < -0.4 is 0 Å². The van der Waals surface area contributed by atoms with Gasteiger partial charge in [0.1, 0.15) is 5.69 Å². The third kappa shape index (κ3) is 1.50. The molecule has 3 rings (SSSR count). The second-order valence-corrected chi connectivity index (χ2v) is 5.01. The van der Waals surface area contributed by atoms with E-state index in [4.69, 9.17) is 4.52 Å². The molecular formula is C11H6BrNOS. The van der Waals surface area contributed by atoms with Gasteiger partial charge in [-0.1, -0.05) is 27.2 Å². The van der Waals surface area contributed by atoms with Crippen LogP contribution in [0.4, 0.5) is 0 Å². The van der Waals surface area contributed by atoms with Crippen molar-refractivity contribution in [1.29, 1.82) is 0 Å². The highest BCUT2D eigenvalue weighted by molar-refractivity contribution is 9.10. The van der Waals surface area contributed by atoms with Gasteiger partial charge in [0, 0.05) is 4.47 Å². The second-order valence-electron chi connectivity index (χ2n) is 3.15. The number of fused-ring (bicyclic) bond motifs is 1. The molecule has 1 aromatic carbocycles. The first-order chi connectivity index (χ1) is 7.34. The van der Waals surface area contributed by atoms with Crippen molar-refractivity contribution in [1.82, 2.24) is 5.16 Å². The molecule has 0 unspecified atom stereocenters. The fourth-order valence-corrected chi connectivity index (χ4v) is 2.58. The van der Waals surface area contributed by atoms with E-state index in [-0.39, 0.29) is 0 Å². The summed E-state index contributed by atoms with van der Waals surface area (Å²) in [4.78, 5) is 1.13. The summed E-state index contributed by atoms with van der Waals surface area (Å²) in [7, 11) is 0. The Labute approximate surface area is 98.6 Å². The monoisotopic (exact) mass is 279 g/mol. The fraction of sp³-hybridized carbons (Fsp3) is 0. The van der Waals surface area contributed by atoms with Crippen molar-refractivity contribution in [3.8, 4) is 10.6 Å². The molecule has 0 bridgehead atoms. The summed E-state index contributed by atoms with van der Waals surface area (Å²) in [5.41, 5.74) is 1.74. The number of benzene rings is 1. The van der Waals surface area contributed by atoms with Crippen LogP contribution in [-0.2, 0) is 0 Å². The first-order valence-corrected chi connectivity index (χ1v) is 6.11. The van der Waals surface area contributed by atoms with Gasteiger partial charge in [0.05, 0.1) is 10.3 Å². The lowest BCUT2D eigenvalue weighted by Crippen LogP contribution is -1.72. The van der Waals surface area contributed by atoms with E-state index in [1.165, 1.54) is 0 Å². The maximum Gasteiger partial charge on any atom is 0.167 e. The Morgan fingerprint density at radius 1 is 1.27 bits per heavy atom. The van der Waals surface area contributed by atoms with Crippen LogP contribution in [-0.4, -0.2) is 5.16 Å². The van der Waals surface area contributed by atoms with E-state index in [0.717, 1.165) is 26.0 Å². The Hall–Kier alpha value is -1.13. The van der Waals surface area contributed by atoms with Crippen LogP contribution in [0.25, 0.3) is 21.5 Å². The first-order valence-electron chi connectivity index (χ1n) is 4.43. The smallest absolute Gasteiger partial charge is 0.167 e. The highest BCUT2D eigenvalue weighted by atomic mass is 79.9. The van der Waals surface area contributed by atoms with E-state index in [1.807, 2.05) is 35.7 Å². The van der Waals surface area contributed by atoms with Gasteiger partial charge in [-0.2, -0.15) is 0 Å². The number of hydrogen-bond acceptors (Lipinski definition) is 3. The van der Waals surface area contributed by atoms with Crippen LogP contribution in [0.2, 0.25) is 0 Å². The second kappa shape index (κ2) is 3.47. The molecule has 0 spiro atoms. The van der Waals surface area contributed by atoms with Crippen LogP contribution in [0.3, 0.4) is 0 Å². The molecule has 2 aromatic heterocycles. The van der Waals surface area contributed by atoms with Crippen LogP contribution in [0.15, 0.2) is 44.7 Å². The Bertz CT molecular complexity index is 600. The number of thiophene rings is 1. The summed E-state index contributed by atoms with van der Waals surface area (Å²) in [6.07, 6.45) is 0. The Balaban J connectivity index is 2.32. The number of rotatable bonds is 1. The summed E-state index contributed by atoms with van der Waals surface area (Å²) >= 11 is 5.11. The lowest BCUT2D eigenvalue weighted by Gasteiger charge is -1.91. The summed E-state index contributed by atoms with van der Waals surface area (Å²) in [6, 6.07) is 9.96. The highest BCUT2D eigenvalue weighted by Gasteiger charge is 2.10. The molecule has 4 heteroatoms. The zero-order valence-corrected chi connectivity index (χ0v) is 10.0. The summed E-state index contributed by atoms with van der Waals surface area (Å²) in [6.45, 7) is 0. The van der Waals surface area contributed by atoms with E-state index in [1.54, 1.807) is 11.3 Å². The van der Waals surface area contributed by atoms with Crippen molar-refractivity contribution in [2.45, 2.75) is 0 Å². The van der Waals surface area contributed by atoms with Crippen molar-refractivity contribution in [2.75, 3.05) is 0 Å². The Morgan fingerprint density at radius 2 is 2.20 bits per heavy atom. The molecule has 3 aromatic rings. The normalized spacial score (nSPS) is 11.0. The van der Waals surface area contributed by atoms with Crippen LogP contribution >= 0.6 is 27.3 Å². The SMILES string of the molecule is Brc1ccc2onc(-c3cccs3)c2c1. The molecule has 0 aliphatic carbocycles. The van der Waals surface area contributed by atoms with Crippen molar-refractivity contribution in [2.24, 2.45) is 0 Å². The minimum Gasteiger partial charge on any atom is -0.356 e. The number of hydrogen-bond donors (Lipinski definition) is 0. The average Bonchev–Trinajstić information content (AvgIpc) is 2.83. The molecule has 15 heavy (non-hydrogen) atoms. The third-order valence-corrected chi connectivity index (χ3v) is 3.56. The molecule has 2 heterocycles. The van der Waals surface area contributed by atoms with Gasteiger partial charge in [-0.15, -0.1) is 11.3 Å². The molecule has 74 valence electrons. The van der Waals surface area contributed by atoms with Crippen LogP contribution in [0.5, 0.6) is 0 Å². The largest absolute Gasteiger partial charge is 0.356 e. The molecule has 0 aliphatic rings. The van der Waals surface area contributed by atoms with Gasteiger partial charge < -0.3 is 4.52 Å². The van der Waals surface area contributed by atoms with Crippen LogP contribution in [0, 0.1) is 0 Å². The van der Waals surface area contributed by atoms with Crippen molar-refractivity contribution < 1.29 is 4.52 Å². The maximum atomic E-state index is 5.26. The lowest BCUT2D eigenvalue weighted by atomic mass is 10.2. The van der Waals surface area contributed by atoms with Crippen LogP contribution in [0.1, 0.15) is 0 Å². The van der Waals surface area contributed by atoms with Gasteiger partial charge in [-0.25, -0.2) is 0 Å². The number of nitrogens with zero attached hydrogens (tertiary/aromatic N) is 1. The standard InChI is InChI=1S/C11H6BrNOS/c12-7-3-4-9-8(6-7)11(13-14-9)10-2-1-5-15-10/h1-6H. The first kappa shape index (κ1) is 9.12. The topological polar surface area (TPSA) is 26.0 Å². The van der Waals surface area contributed by atoms with E-state index < -0.39 is 0 Å². The molecule has 0 N–H and O–H groups in total. The lowest BCUT2D eigenvalue weighted by molar-refractivity contribution is 0.459. The highest BCUT2D eigenvalue weighted by Crippen LogP contribution is 2.32. The quantitative estimate of drug-likeness (QED) is 0.663. The van der Waals surface area contributed by atoms with E-state index in [0.29, 0.717) is 0 Å². The zero-order chi connectivity index (χ0) is 10.3. The molecule has 0 amide bonds. The predicted molar refractivity (Wildman–Crippen MR) is 65.0 cm³/mol. The fourth-order valence-electron chi connectivity index (χ4n) is 1.50. The molecule has 0 radical (unpaired) electrons. The summed E-state index contributed by atoms with van der Waals surface area (Å²) < 4.78 is 6.30. The molecule has 0 fully saturated rings. The predicted octanol–water partition coefficient (Wildman–Crippen LogP) is 4.32. The molecule has 0 atom stereocenters. The van der Waals surface area contributed by atoms with Crippen molar-refractivity contribution in [3.05, 3.63) is 40.2 Å². The van der Waals surface area contributed by atoms with E-state index >= 15 is 0 Å². The van der Waals surface area contributed by atoms with Crippen molar-refractivity contribution >= 4 is 38.2 Å². The molecule has 0 saturated carbocycles. The van der Waals surface area contributed by atoms with E-state index in [9.17, 15) is 0 Å². The minimum absolute atomic E-state index is 0.821. The number of aromatic nitrogens is 1. The summed E-state index contributed by atoms with van der Waals surface area (Å²) in [5, 5.41) is 7.18. The third-order valence-electron chi connectivity index (χ3n) is 2.19. The Kier molecular flexibility index (Phi) is 2.11. The van der Waals surface area contributed by atoms with Gasteiger partial charge in [0.15, 0.2) is 5.58 Å². The number of halogens is 1. The average molecular weight is 280 g/mol. The van der Waals surface area contributed by atoms with Gasteiger partial charge in [-0.05, 0) is 29.6 Å². The van der Waals surface area contributed by atoms with E-state index in [2.05, 4.69) is 21.1 Å². The molecule has 0 aliphatic heterocycles. The molecule has 0 saturated heterocycles. The van der Waals surface area contributed by atoms with Gasteiger partial charge in [0.25, 0.3) is 0 Å².